The lowest BCUT2D eigenvalue weighted by molar-refractivity contribution is 0.113. The molecule has 1 heterocycles. The van der Waals surface area contributed by atoms with Crippen LogP contribution >= 0.6 is 0 Å². The monoisotopic (exact) mass is 426 g/mol. The van der Waals surface area contributed by atoms with E-state index in [1.165, 1.54) is 116 Å². The SMILES string of the molecule is CCCCCCCCCCCCCCCCCC(CCCOCC1CO1)[SiH](C)C. The van der Waals surface area contributed by atoms with Crippen molar-refractivity contribution >= 4 is 8.80 Å². The van der Waals surface area contributed by atoms with Crippen molar-refractivity contribution in [3.8, 4) is 0 Å². The molecule has 1 saturated heterocycles. The van der Waals surface area contributed by atoms with Gasteiger partial charge < -0.3 is 9.47 Å². The highest BCUT2D eigenvalue weighted by atomic mass is 28.3. The molecule has 0 saturated carbocycles. The number of epoxide rings is 1. The molecular weight excluding hydrogens is 372 g/mol. The van der Waals surface area contributed by atoms with Crippen molar-refractivity contribution in [2.45, 2.75) is 147 Å². The third kappa shape index (κ3) is 18.6. The topological polar surface area (TPSA) is 21.8 Å². The molecule has 174 valence electrons. The maximum Gasteiger partial charge on any atom is 0.104 e. The van der Waals surface area contributed by atoms with Crippen molar-refractivity contribution in [1.82, 2.24) is 0 Å². The van der Waals surface area contributed by atoms with E-state index < -0.39 is 8.80 Å². The lowest BCUT2D eigenvalue weighted by Gasteiger charge is -2.19. The molecule has 0 radical (unpaired) electrons. The summed E-state index contributed by atoms with van der Waals surface area (Å²) < 4.78 is 10.9. The zero-order chi connectivity index (χ0) is 21.0. The molecule has 1 aliphatic heterocycles. The van der Waals surface area contributed by atoms with Gasteiger partial charge in [0.1, 0.15) is 6.10 Å². The fraction of sp³-hybridized carbons (Fsp3) is 1.00. The Hall–Kier alpha value is 0.137. The fourth-order valence-electron chi connectivity index (χ4n) is 4.42. The van der Waals surface area contributed by atoms with E-state index in [9.17, 15) is 0 Å². The minimum absolute atomic E-state index is 0.422. The summed E-state index contributed by atoms with van der Waals surface area (Å²) in [6.07, 6.45) is 26.5. The van der Waals surface area contributed by atoms with Gasteiger partial charge in [0, 0.05) is 15.4 Å². The minimum Gasteiger partial charge on any atom is -0.379 e. The van der Waals surface area contributed by atoms with Gasteiger partial charge in [0.25, 0.3) is 0 Å². The first-order valence-corrected chi connectivity index (χ1v) is 16.4. The summed E-state index contributed by atoms with van der Waals surface area (Å²) in [4.78, 5) is 0. The summed E-state index contributed by atoms with van der Waals surface area (Å²) in [5.41, 5.74) is 1.03. The molecule has 1 rings (SSSR count). The normalized spacial score (nSPS) is 17.2. The molecule has 0 aliphatic carbocycles. The van der Waals surface area contributed by atoms with Crippen molar-refractivity contribution in [2.75, 3.05) is 19.8 Å². The molecule has 2 unspecified atom stereocenters. The van der Waals surface area contributed by atoms with E-state index in [0.29, 0.717) is 6.10 Å². The van der Waals surface area contributed by atoms with E-state index in [1.54, 1.807) is 0 Å². The summed E-state index contributed by atoms with van der Waals surface area (Å²) in [6.45, 7) is 10.1. The first-order chi connectivity index (χ1) is 14.2. The highest BCUT2D eigenvalue weighted by molar-refractivity contribution is 6.57. The van der Waals surface area contributed by atoms with Crippen LogP contribution in [0.4, 0.5) is 0 Å². The zero-order valence-electron chi connectivity index (χ0n) is 20.4. The Bertz CT molecular complexity index is 331. The number of hydrogen-bond acceptors (Lipinski definition) is 2. The van der Waals surface area contributed by atoms with E-state index in [-0.39, 0.29) is 0 Å². The van der Waals surface area contributed by atoms with Crippen molar-refractivity contribution < 1.29 is 9.47 Å². The van der Waals surface area contributed by atoms with Crippen molar-refractivity contribution in [3.63, 3.8) is 0 Å². The fourth-order valence-corrected chi connectivity index (χ4v) is 6.22. The van der Waals surface area contributed by atoms with Crippen LogP contribution in [0.1, 0.15) is 122 Å². The number of hydrogen-bond donors (Lipinski definition) is 0. The highest BCUT2D eigenvalue weighted by Crippen LogP contribution is 2.25. The van der Waals surface area contributed by atoms with Crippen molar-refractivity contribution in [1.29, 1.82) is 0 Å². The van der Waals surface area contributed by atoms with E-state index in [4.69, 9.17) is 9.47 Å². The Labute approximate surface area is 185 Å². The minimum atomic E-state index is -0.518. The lowest BCUT2D eigenvalue weighted by Crippen LogP contribution is -2.13. The summed E-state index contributed by atoms with van der Waals surface area (Å²) in [5.74, 6) is 0. The predicted molar refractivity (Wildman–Crippen MR) is 132 cm³/mol. The molecule has 1 aliphatic rings. The van der Waals surface area contributed by atoms with Gasteiger partial charge >= 0.3 is 0 Å². The Morgan fingerprint density at radius 3 is 1.62 bits per heavy atom. The van der Waals surface area contributed by atoms with Gasteiger partial charge in [-0.3, -0.25) is 0 Å². The smallest absolute Gasteiger partial charge is 0.104 e. The third-order valence-corrected chi connectivity index (χ3v) is 9.24. The van der Waals surface area contributed by atoms with Gasteiger partial charge in [-0.25, -0.2) is 0 Å². The first kappa shape index (κ1) is 27.2. The Balaban J connectivity index is 1.79. The van der Waals surface area contributed by atoms with Crippen LogP contribution in [0.15, 0.2) is 0 Å². The average Bonchev–Trinajstić information content (AvgIpc) is 3.53. The van der Waals surface area contributed by atoms with Crippen LogP contribution < -0.4 is 0 Å². The molecule has 0 N–H and O–H groups in total. The standard InChI is InChI=1S/C26H54O2Si/c1-4-5-6-7-8-9-10-11-12-13-14-15-16-17-18-20-26(29(2)3)21-19-22-27-23-25-24-28-25/h25-26,29H,4-24H2,1-3H3. The van der Waals surface area contributed by atoms with Crippen LogP contribution in [-0.4, -0.2) is 34.7 Å². The van der Waals surface area contributed by atoms with Gasteiger partial charge in [0.15, 0.2) is 0 Å². The number of rotatable bonds is 23. The van der Waals surface area contributed by atoms with Gasteiger partial charge in [-0.2, -0.15) is 0 Å². The van der Waals surface area contributed by atoms with E-state index in [0.717, 1.165) is 25.4 Å². The second-order valence-corrected chi connectivity index (χ2v) is 13.3. The summed E-state index contributed by atoms with van der Waals surface area (Å²) in [5, 5.41) is 0. The average molecular weight is 427 g/mol. The van der Waals surface area contributed by atoms with E-state index in [2.05, 4.69) is 20.0 Å². The molecule has 29 heavy (non-hydrogen) atoms. The molecule has 0 aromatic carbocycles. The molecule has 0 amide bonds. The van der Waals surface area contributed by atoms with Crippen LogP contribution in [0.5, 0.6) is 0 Å². The van der Waals surface area contributed by atoms with E-state index >= 15 is 0 Å². The second-order valence-electron chi connectivity index (χ2n) is 9.92. The predicted octanol–water partition coefficient (Wildman–Crippen LogP) is 8.30. The number of unbranched alkanes of at least 4 members (excludes halogenated alkanes) is 14. The van der Waals surface area contributed by atoms with Crippen molar-refractivity contribution in [3.05, 3.63) is 0 Å². The maximum atomic E-state index is 5.71. The number of ether oxygens (including phenoxy) is 2. The van der Waals surface area contributed by atoms with Gasteiger partial charge in [-0.1, -0.05) is 129 Å². The van der Waals surface area contributed by atoms with Gasteiger partial charge in [-0.15, -0.1) is 0 Å². The second kappa shape index (κ2) is 20.1. The molecule has 0 aromatic heterocycles. The molecular formula is C26H54O2Si. The Morgan fingerprint density at radius 1 is 0.724 bits per heavy atom. The van der Waals surface area contributed by atoms with Gasteiger partial charge in [0.2, 0.25) is 0 Å². The largest absolute Gasteiger partial charge is 0.379 e. The quantitative estimate of drug-likeness (QED) is 0.0930. The Morgan fingerprint density at radius 2 is 1.17 bits per heavy atom. The molecule has 0 bridgehead atoms. The van der Waals surface area contributed by atoms with Gasteiger partial charge in [0.05, 0.1) is 13.2 Å². The highest BCUT2D eigenvalue weighted by Gasteiger charge is 2.22. The molecule has 1 fully saturated rings. The van der Waals surface area contributed by atoms with E-state index in [1.807, 2.05) is 0 Å². The molecule has 3 heteroatoms. The molecule has 0 spiro atoms. The van der Waals surface area contributed by atoms with Crippen molar-refractivity contribution in [2.24, 2.45) is 0 Å². The Kier molecular flexibility index (Phi) is 18.8. The van der Waals surface area contributed by atoms with Crippen LogP contribution in [-0.2, 0) is 9.47 Å². The first-order valence-electron chi connectivity index (χ1n) is 13.4. The van der Waals surface area contributed by atoms with Crippen LogP contribution in [0.3, 0.4) is 0 Å². The lowest BCUT2D eigenvalue weighted by atomic mass is 10.0. The summed E-state index contributed by atoms with van der Waals surface area (Å²) >= 11 is 0. The maximum absolute atomic E-state index is 5.71. The molecule has 2 atom stereocenters. The summed E-state index contributed by atoms with van der Waals surface area (Å²) in [7, 11) is -0.518. The van der Waals surface area contributed by atoms with Gasteiger partial charge in [-0.05, 0) is 12.0 Å². The molecule has 0 aromatic rings. The summed E-state index contributed by atoms with van der Waals surface area (Å²) in [6, 6.07) is 0. The van der Waals surface area contributed by atoms with Crippen LogP contribution in [0, 0.1) is 0 Å². The third-order valence-electron chi connectivity index (χ3n) is 6.69. The van der Waals surface area contributed by atoms with Crippen LogP contribution in [0.25, 0.3) is 0 Å². The van der Waals surface area contributed by atoms with Crippen LogP contribution in [0.2, 0.25) is 18.6 Å². The molecule has 2 nitrogen and oxygen atoms in total. The zero-order valence-corrected chi connectivity index (χ0v) is 21.6.